The van der Waals surface area contributed by atoms with E-state index in [0.29, 0.717) is 37.1 Å². The van der Waals surface area contributed by atoms with Gasteiger partial charge in [-0.2, -0.15) is 5.10 Å². The number of amides is 2. The number of ether oxygens (including phenoxy) is 1. The monoisotopic (exact) mass is 351 g/mol. The molecule has 0 aliphatic heterocycles. The van der Waals surface area contributed by atoms with Crippen molar-refractivity contribution in [3.8, 4) is 0 Å². The predicted octanol–water partition coefficient (Wildman–Crippen LogP) is 0.684. The molecule has 8 heteroatoms. The smallest absolute Gasteiger partial charge is 0.313 e. The molecule has 140 valence electrons. The Hall–Kier alpha value is -1.93. The Balaban J connectivity index is 1.88. The summed E-state index contributed by atoms with van der Waals surface area (Å²) in [5.74, 6) is -1.29. The lowest BCUT2D eigenvalue weighted by Gasteiger charge is -2.24. The van der Waals surface area contributed by atoms with E-state index >= 15 is 0 Å². The number of hydrogen-bond acceptors (Lipinski definition) is 5. The zero-order chi connectivity index (χ0) is 18.6. The fraction of sp³-hybridized carbons (Fsp3) is 0.706. The molecule has 0 saturated heterocycles. The molecule has 0 bridgehead atoms. The van der Waals surface area contributed by atoms with Gasteiger partial charge < -0.3 is 15.4 Å². The van der Waals surface area contributed by atoms with E-state index in [1.807, 2.05) is 13.8 Å². The van der Waals surface area contributed by atoms with Crippen molar-refractivity contribution >= 4 is 17.5 Å². The van der Waals surface area contributed by atoms with E-state index in [9.17, 15) is 9.59 Å². The molecule has 1 aromatic heterocycles. The number of aromatic nitrogens is 2. The summed E-state index contributed by atoms with van der Waals surface area (Å²) < 4.78 is 6.81. The molecule has 0 spiro atoms. The van der Waals surface area contributed by atoms with Crippen LogP contribution in [0.2, 0.25) is 0 Å². The molecule has 1 aromatic rings. The van der Waals surface area contributed by atoms with Gasteiger partial charge in [0.1, 0.15) is 0 Å². The number of anilines is 1. The number of nitrogens with one attached hydrogen (secondary N) is 2. The lowest BCUT2D eigenvalue weighted by molar-refractivity contribution is -0.136. The molecule has 1 heterocycles. The maximum atomic E-state index is 12.2. The molecule has 2 N–H and O–H groups in total. The first-order valence-electron chi connectivity index (χ1n) is 8.69. The van der Waals surface area contributed by atoms with E-state index in [1.54, 1.807) is 18.7 Å². The summed E-state index contributed by atoms with van der Waals surface area (Å²) in [7, 11) is 3.68. The minimum atomic E-state index is -0.668. The van der Waals surface area contributed by atoms with E-state index in [4.69, 9.17) is 4.74 Å². The van der Waals surface area contributed by atoms with Gasteiger partial charge >= 0.3 is 11.8 Å². The SMILES string of the molecule is COCCn1nc(C)c(NC(=O)C(=O)NCC(C)N(C)C2CC2)c1C. The largest absolute Gasteiger partial charge is 0.383 e. The lowest BCUT2D eigenvalue weighted by Crippen LogP contribution is -2.44. The number of carbonyl (C=O) groups excluding carboxylic acids is 2. The van der Waals surface area contributed by atoms with Crippen LogP contribution in [0.5, 0.6) is 0 Å². The van der Waals surface area contributed by atoms with Crippen LogP contribution < -0.4 is 10.6 Å². The number of aryl methyl sites for hydroxylation is 1. The van der Waals surface area contributed by atoms with Gasteiger partial charge in [-0.3, -0.25) is 19.2 Å². The minimum Gasteiger partial charge on any atom is -0.383 e. The molecule has 1 atom stereocenters. The van der Waals surface area contributed by atoms with Crippen LogP contribution in [0.4, 0.5) is 5.69 Å². The molecule has 1 aliphatic rings. The van der Waals surface area contributed by atoms with Crippen molar-refractivity contribution in [2.45, 2.75) is 52.2 Å². The Morgan fingerprint density at radius 1 is 1.36 bits per heavy atom. The van der Waals surface area contributed by atoms with E-state index in [2.05, 4.69) is 27.7 Å². The highest BCUT2D eigenvalue weighted by Crippen LogP contribution is 2.26. The molecule has 0 radical (unpaired) electrons. The summed E-state index contributed by atoms with van der Waals surface area (Å²) in [6, 6.07) is 0.813. The van der Waals surface area contributed by atoms with Crippen LogP contribution in [0, 0.1) is 13.8 Å². The standard InChI is InChI=1S/C17H29N5O3/c1-11(21(4)14-6-7-14)10-18-16(23)17(24)19-15-12(2)20-22(13(15)3)8-9-25-5/h11,14H,6-10H2,1-5H3,(H,18,23)(H,19,24). The van der Waals surface area contributed by atoms with Crippen molar-refractivity contribution in [3.63, 3.8) is 0 Å². The third-order valence-corrected chi connectivity index (χ3v) is 4.71. The highest BCUT2D eigenvalue weighted by Gasteiger charge is 2.29. The van der Waals surface area contributed by atoms with Crippen LogP contribution in [0.1, 0.15) is 31.2 Å². The molecule has 2 amide bonds. The molecular formula is C17H29N5O3. The third kappa shape index (κ3) is 5.02. The predicted molar refractivity (Wildman–Crippen MR) is 95.5 cm³/mol. The quantitative estimate of drug-likeness (QED) is 0.673. The average Bonchev–Trinajstić information content (AvgIpc) is 3.40. The molecule has 1 unspecified atom stereocenters. The van der Waals surface area contributed by atoms with Crippen molar-refractivity contribution in [2.75, 3.05) is 32.6 Å². The number of likely N-dealkylation sites (N-methyl/N-ethyl adjacent to an activating group) is 1. The number of rotatable bonds is 8. The van der Waals surface area contributed by atoms with Crippen molar-refractivity contribution < 1.29 is 14.3 Å². The van der Waals surface area contributed by atoms with Gasteiger partial charge in [-0.05, 0) is 40.7 Å². The summed E-state index contributed by atoms with van der Waals surface area (Å²) in [4.78, 5) is 26.5. The van der Waals surface area contributed by atoms with Crippen molar-refractivity contribution in [3.05, 3.63) is 11.4 Å². The van der Waals surface area contributed by atoms with Gasteiger partial charge in [-0.15, -0.1) is 0 Å². The Labute approximate surface area is 148 Å². The van der Waals surface area contributed by atoms with E-state index < -0.39 is 11.8 Å². The van der Waals surface area contributed by atoms with Crippen LogP contribution in [-0.4, -0.2) is 65.9 Å². The van der Waals surface area contributed by atoms with Crippen LogP contribution >= 0.6 is 0 Å². The number of nitrogens with zero attached hydrogens (tertiary/aromatic N) is 3. The number of carbonyl (C=O) groups is 2. The molecular weight excluding hydrogens is 322 g/mol. The zero-order valence-electron chi connectivity index (χ0n) is 15.8. The topological polar surface area (TPSA) is 88.5 Å². The van der Waals surface area contributed by atoms with Crippen molar-refractivity contribution in [1.82, 2.24) is 20.0 Å². The summed E-state index contributed by atoms with van der Waals surface area (Å²) in [5.41, 5.74) is 2.06. The van der Waals surface area contributed by atoms with E-state index in [1.165, 1.54) is 12.8 Å². The summed E-state index contributed by atoms with van der Waals surface area (Å²) in [6.45, 7) is 7.28. The minimum absolute atomic E-state index is 0.199. The van der Waals surface area contributed by atoms with Crippen LogP contribution in [0.3, 0.4) is 0 Å². The second kappa shape index (κ2) is 8.44. The second-order valence-electron chi connectivity index (χ2n) is 6.67. The molecule has 25 heavy (non-hydrogen) atoms. The fourth-order valence-electron chi connectivity index (χ4n) is 2.75. The first kappa shape index (κ1) is 19.4. The van der Waals surface area contributed by atoms with E-state index in [-0.39, 0.29) is 6.04 Å². The summed E-state index contributed by atoms with van der Waals surface area (Å²) in [5, 5.41) is 9.75. The van der Waals surface area contributed by atoms with Gasteiger partial charge in [-0.25, -0.2) is 0 Å². The van der Waals surface area contributed by atoms with Crippen LogP contribution in [-0.2, 0) is 20.9 Å². The molecule has 1 aliphatic carbocycles. The maximum Gasteiger partial charge on any atom is 0.313 e. The average molecular weight is 351 g/mol. The third-order valence-electron chi connectivity index (χ3n) is 4.71. The Bertz CT molecular complexity index is 624. The maximum absolute atomic E-state index is 12.2. The molecule has 1 fully saturated rings. The summed E-state index contributed by atoms with van der Waals surface area (Å²) >= 11 is 0. The normalized spacial score (nSPS) is 15.3. The summed E-state index contributed by atoms with van der Waals surface area (Å²) in [6.07, 6.45) is 2.42. The highest BCUT2D eigenvalue weighted by atomic mass is 16.5. The van der Waals surface area contributed by atoms with Gasteiger partial charge in [0, 0.05) is 25.7 Å². The van der Waals surface area contributed by atoms with Crippen molar-refractivity contribution in [1.29, 1.82) is 0 Å². The Morgan fingerprint density at radius 3 is 2.64 bits per heavy atom. The lowest BCUT2D eigenvalue weighted by atomic mass is 10.3. The van der Waals surface area contributed by atoms with Gasteiger partial charge in [0.2, 0.25) is 0 Å². The first-order valence-corrected chi connectivity index (χ1v) is 8.69. The second-order valence-corrected chi connectivity index (χ2v) is 6.67. The van der Waals surface area contributed by atoms with Gasteiger partial charge in [0.05, 0.1) is 30.2 Å². The van der Waals surface area contributed by atoms with Crippen LogP contribution in [0.15, 0.2) is 0 Å². The molecule has 8 nitrogen and oxygen atoms in total. The van der Waals surface area contributed by atoms with Gasteiger partial charge in [0.25, 0.3) is 0 Å². The van der Waals surface area contributed by atoms with Gasteiger partial charge in [0.15, 0.2) is 0 Å². The molecule has 2 rings (SSSR count). The highest BCUT2D eigenvalue weighted by molar-refractivity contribution is 6.39. The molecule has 0 aromatic carbocycles. The Morgan fingerprint density at radius 2 is 2.04 bits per heavy atom. The number of methoxy groups -OCH3 is 1. The fourth-order valence-corrected chi connectivity index (χ4v) is 2.75. The molecule has 1 saturated carbocycles. The van der Waals surface area contributed by atoms with Crippen LogP contribution in [0.25, 0.3) is 0 Å². The van der Waals surface area contributed by atoms with Crippen molar-refractivity contribution in [2.24, 2.45) is 0 Å². The first-order chi connectivity index (χ1) is 11.8. The van der Waals surface area contributed by atoms with Gasteiger partial charge in [-0.1, -0.05) is 0 Å². The number of hydrogen-bond donors (Lipinski definition) is 2. The Kier molecular flexibility index (Phi) is 6.55. The van der Waals surface area contributed by atoms with E-state index in [0.717, 1.165) is 5.69 Å². The zero-order valence-corrected chi connectivity index (χ0v) is 15.8.